The van der Waals surface area contributed by atoms with E-state index in [0.717, 1.165) is 11.1 Å². The Morgan fingerprint density at radius 3 is 2.38 bits per heavy atom. The number of para-hydroxylation sites is 1. The van der Waals surface area contributed by atoms with Crippen molar-refractivity contribution in [2.75, 3.05) is 5.32 Å². The van der Waals surface area contributed by atoms with E-state index in [-0.39, 0.29) is 22.4 Å². The maximum atomic E-state index is 12.2. The molecule has 0 aliphatic rings. The number of anilines is 1. The fourth-order valence-corrected chi connectivity index (χ4v) is 2.37. The van der Waals surface area contributed by atoms with Crippen LogP contribution in [0.3, 0.4) is 0 Å². The van der Waals surface area contributed by atoms with Crippen LogP contribution in [-0.4, -0.2) is 10.6 Å². The molecule has 2 aromatic rings. The van der Waals surface area contributed by atoms with Crippen LogP contribution in [0, 0.1) is 6.92 Å². The second-order valence-electron chi connectivity index (χ2n) is 4.51. The van der Waals surface area contributed by atoms with Crippen LogP contribution in [0.5, 0.6) is 5.75 Å². The molecule has 0 unspecified atom stereocenters. The first-order valence-corrected chi connectivity index (χ1v) is 7.04. The van der Waals surface area contributed by atoms with Crippen molar-refractivity contribution in [2.24, 2.45) is 0 Å². The number of thioether (sulfide) groups is 1. The van der Waals surface area contributed by atoms with Crippen molar-refractivity contribution in [2.45, 2.75) is 23.9 Å². The summed E-state index contributed by atoms with van der Waals surface area (Å²) in [4.78, 5) is 0.145. The average Bonchev–Trinajstić information content (AvgIpc) is 2.40. The number of phenols is 1. The molecule has 0 spiro atoms. The summed E-state index contributed by atoms with van der Waals surface area (Å²) in [7, 11) is 0. The molecule has 0 amide bonds. The number of phenolic OH excluding ortho intramolecular Hbond substituents is 1. The number of benzene rings is 2. The fraction of sp³-hybridized carbons (Fsp3) is 0.200. The van der Waals surface area contributed by atoms with Crippen LogP contribution in [-0.2, 0) is 6.54 Å². The normalized spacial score (nSPS) is 11.4. The van der Waals surface area contributed by atoms with Gasteiger partial charge in [0.05, 0.1) is 0 Å². The van der Waals surface area contributed by atoms with Crippen molar-refractivity contribution in [3.63, 3.8) is 0 Å². The van der Waals surface area contributed by atoms with Crippen LogP contribution < -0.4 is 5.32 Å². The van der Waals surface area contributed by atoms with Crippen molar-refractivity contribution >= 4 is 17.4 Å². The van der Waals surface area contributed by atoms with Crippen molar-refractivity contribution in [1.29, 1.82) is 0 Å². The minimum absolute atomic E-state index is 0.139. The number of aryl methyl sites for hydroxylation is 1. The molecular formula is C15H14F3NOS. The molecule has 21 heavy (non-hydrogen) atoms. The number of halogens is 3. The Morgan fingerprint density at radius 2 is 1.76 bits per heavy atom. The van der Waals surface area contributed by atoms with E-state index in [2.05, 4.69) is 5.32 Å². The Morgan fingerprint density at radius 1 is 1.10 bits per heavy atom. The molecule has 0 aliphatic carbocycles. The summed E-state index contributed by atoms with van der Waals surface area (Å²) in [5.74, 6) is 0.231. The van der Waals surface area contributed by atoms with Gasteiger partial charge in [0.25, 0.3) is 0 Å². The lowest BCUT2D eigenvalue weighted by Gasteiger charge is -2.10. The largest absolute Gasteiger partial charge is 0.507 e. The minimum atomic E-state index is -4.28. The van der Waals surface area contributed by atoms with Crippen molar-refractivity contribution < 1.29 is 18.3 Å². The summed E-state index contributed by atoms with van der Waals surface area (Å²) < 4.78 is 36.6. The van der Waals surface area contributed by atoms with Gasteiger partial charge in [0, 0.05) is 22.7 Å². The van der Waals surface area contributed by atoms with E-state index >= 15 is 0 Å². The summed E-state index contributed by atoms with van der Waals surface area (Å²) in [6.07, 6.45) is 0. The lowest BCUT2D eigenvalue weighted by atomic mass is 10.1. The number of hydrogen-bond acceptors (Lipinski definition) is 3. The van der Waals surface area contributed by atoms with Gasteiger partial charge in [0.2, 0.25) is 0 Å². The van der Waals surface area contributed by atoms with Gasteiger partial charge >= 0.3 is 5.51 Å². The van der Waals surface area contributed by atoms with Crippen LogP contribution in [0.2, 0.25) is 0 Å². The molecule has 0 bridgehead atoms. The second kappa shape index (κ2) is 6.30. The molecule has 0 radical (unpaired) electrons. The molecule has 0 heterocycles. The molecule has 0 saturated heterocycles. The summed E-state index contributed by atoms with van der Waals surface area (Å²) in [5.41, 5.74) is -2.06. The highest BCUT2D eigenvalue weighted by molar-refractivity contribution is 8.00. The zero-order chi connectivity index (χ0) is 15.5. The fourth-order valence-electron chi connectivity index (χ4n) is 1.83. The van der Waals surface area contributed by atoms with Gasteiger partial charge in [-0.3, -0.25) is 0 Å². The van der Waals surface area contributed by atoms with Crippen LogP contribution >= 0.6 is 11.8 Å². The Kier molecular flexibility index (Phi) is 4.67. The Bertz CT molecular complexity index is 611. The predicted molar refractivity (Wildman–Crippen MR) is 78.5 cm³/mol. The van der Waals surface area contributed by atoms with Gasteiger partial charge in [0.1, 0.15) is 5.75 Å². The maximum absolute atomic E-state index is 12.2. The maximum Gasteiger partial charge on any atom is 0.446 e. The van der Waals surface area contributed by atoms with Gasteiger partial charge in [-0.05, 0) is 48.5 Å². The van der Waals surface area contributed by atoms with Crippen molar-refractivity contribution in [1.82, 2.24) is 0 Å². The quantitative estimate of drug-likeness (QED) is 0.785. The van der Waals surface area contributed by atoms with E-state index in [1.165, 1.54) is 12.1 Å². The third-order valence-corrected chi connectivity index (χ3v) is 3.63. The van der Waals surface area contributed by atoms with Crippen LogP contribution in [0.4, 0.5) is 18.9 Å². The van der Waals surface area contributed by atoms with E-state index < -0.39 is 5.51 Å². The first-order valence-electron chi connectivity index (χ1n) is 6.22. The summed E-state index contributed by atoms with van der Waals surface area (Å²) in [6.45, 7) is 2.21. The zero-order valence-corrected chi connectivity index (χ0v) is 12.1. The van der Waals surface area contributed by atoms with E-state index in [0.29, 0.717) is 12.2 Å². The van der Waals surface area contributed by atoms with Gasteiger partial charge in [-0.25, -0.2) is 0 Å². The van der Waals surface area contributed by atoms with E-state index in [1.807, 2.05) is 19.1 Å². The third kappa shape index (κ3) is 4.60. The molecule has 0 aliphatic heterocycles. The lowest BCUT2D eigenvalue weighted by molar-refractivity contribution is -0.0328. The summed E-state index contributed by atoms with van der Waals surface area (Å²) in [6, 6.07) is 11.4. The number of alkyl halides is 3. The average molecular weight is 313 g/mol. The number of nitrogens with one attached hydrogen (secondary N) is 1. The van der Waals surface area contributed by atoms with E-state index in [1.54, 1.807) is 18.2 Å². The first-order chi connectivity index (χ1) is 9.85. The molecule has 2 rings (SSSR count). The monoisotopic (exact) mass is 313 g/mol. The van der Waals surface area contributed by atoms with Crippen molar-refractivity contribution in [3.05, 3.63) is 53.6 Å². The molecule has 0 atom stereocenters. The molecular weight excluding hydrogens is 299 g/mol. The smallest absolute Gasteiger partial charge is 0.446 e. The van der Waals surface area contributed by atoms with Gasteiger partial charge in [-0.2, -0.15) is 13.2 Å². The molecule has 6 heteroatoms. The van der Waals surface area contributed by atoms with Crippen LogP contribution in [0.25, 0.3) is 0 Å². The van der Waals surface area contributed by atoms with E-state index in [4.69, 9.17) is 0 Å². The standard InChI is InChI=1S/C15H14F3NOS/c1-10-3-2-4-11(14(10)20)9-19-12-5-7-13(8-6-12)21-15(16,17)18/h2-8,19-20H,9H2,1H3. The lowest BCUT2D eigenvalue weighted by Crippen LogP contribution is -2.01. The number of hydrogen-bond donors (Lipinski definition) is 2. The predicted octanol–water partition coefficient (Wildman–Crippen LogP) is 4.92. The zero-order valence-electron chi connectivity index (χ0n) is 11.2. The third-order valence-electron chi connectivity index (χ3n) is 2.89. The highest BCUT2D eigenvalue weighted by Crippen LogP contribution is 2.37. The molecule has 2 aromatic carbocycles. The highest BCUT2D eigenvalue weighted by Gasteiger charge is 2.28. The molecule has 0 fully saturated rings. The Hall–Kier alpha value is -1.82. The first kappa shape index (κ1) is 15.6. The molecule has 2 N–H and O–H groups in total. The molecule has 112 valence electrons. The molecule has 0 aromatic heterocycles. The topological polar surface area (TPSA) is 32.3 Å². The van der Waals surface area contributed by atoms with Gasteiger partial charge in [0.15, 0.2) is 0 Å². The molecule has 2 nitrogen and oxygen atoms in total. The Labute approximate surface area is 125 Å². The Balaban J connectivity index is 1.99. The highest BCUT2D eigenvalue weighted by atomic mass is 32.2. The summed E-state index contributed by atoms with van der Waals surface area (Å²) in [5, 5.41) is 12.9. The summed E-state index contributed by atoms with van der Waals surface area (Å²) >= 11 is -0.139. The van der Waals surface area contributed by atoms with Gasteiger partial charge in [-0.15, -0.1) is 0 Å². The second-order valence-corrected chi connectivity index (χ2v) is 5.65. The van der Waals surface area contributed by atoms with E-state index in [9.17, 15) is 18.3 Å². The minimum Gasteiger partial charge on any atom is -0.507 e. The number of rotatable bonds is 4. The van der Waals surface area contributed by atoms with Crippen LogP contribution in [0.15, 0.2) is 47.4 Å². The van der Waals surface area contributed by atoms with Crippen LogP contribution in [0.1, 0.15) is 11.1 Å². The number of aromatic hydroxyl groups is 1. The van der Waals surface area contributed by atoms with Gasteiger partial charge in [-0.1, -0.05) is 18.2 Å². The van der Waals surface area contributed by atoms with Gasteiger partial charge < -0.3 is 10.4 Å². The molecule has 0 saturated carbocycles. The SMILES string of the molecule is Cc1cccc(CNc2ccc(SC(F)(F)F)cc2)c1O. The van der Waals surface area contributed by atoms with Crippen molar-refractivity contribution in [3.8, 4) is 5.75 Å².